The second-order valence-corrected chi connectivity index (χ2v) is 9.38. The second-order valence-electron chi connectivity index (χ2n) is 7.51. The molecule has 1 aromatic heterocycles. The molecule has 2 heterocycles. The predicted molar refractivity (Wildman–Crippen MR) is 136 cm³/mol. The Kier molecular flexibility index (Phi) is 8.87. The van der Waals surface area contributed by atoms with Gasteiger partial charge in [-0.25, -0.2) is 0 Å². The summed E-state index contributed by atoms with van der Waals surface area (Å²) < 4.78 is 1.15. The second kappa shape index (κ2) is 11.4. The number of anilines is 1. The van der Waals surface area contributed by atoms with Crippen molar-refractivity contribution >= 4 is 68.6 Å². The first-order valence-electron chi connectivity index (χ1n) is 10.3. The quantitative estimate of drug-likeness (QED) is 0.408. The molecule has 0 radical (unpaired) electrons. The number of unbranched alkanes of at least 4 members (excludes halogenated alkanes) is 1. The van der Waals surface area contributed by atoms with E-state index in [1.54, 1.807) is 11.3 Å². The van der Waals surface area contributed by atoms with Crippen LogP contribution in [0.2, 0.25) is 10.0 Å². The number of carbonyl (C=O) groups is 1. The minimum atomic E-state index is 0. The number of piperazine rings is 1. The van der Waals surface area contributed by atoms with Crippen LogP contribution >= 0.6 is 46.9 Å². The van der Waals surface area contributed by atoms with Gasteiger partial charge in [-0.05, 0) is 49.0 Å². The number of rotatable bonds is 7. The molecule has 1 amide bonds. The fourth-order valence-corrected chi connectivity index (χ4v) is 5.19. The van der Waals surface area contributed by atoms with E-state index < -0.39 is 0 Å². The van der Waals surface area contributed by atoms with Crippen molar-refractivity contribution in [2.45, 2.75) is 12.8 Å². The van der Waals surface area contributed by atoms with Gasteiger partial charge in [0.15, 0.2) is 0 Å². The van der Waals surface area contributed by atoms with E-state index in [1.807, 2.05) is 42.5 Å². The van der Waals surface area contributed by atoms with Gasteiger partial charge in [0.05, 0.1) is 20.6 Å². The fourth-order valence-electron chi connectivity index (χ4n) is 3.79. The largest absolute Gasteiger partial charge is 0.368 e. The molecule has 0 aliphatic carbocycles. The Balaban J connectivity index is 0.00000272. The molecule has 1 saturated heterocycles. The van der Waals surface area contributed by atoms with Crippen LogP contribution in [0.15, 0.2) is 48.5 Å². The number of thiophene rings is 1. The fraction of sp³-hybridized carbons (Fsp3) is 0.348. The lowest BCUT2D eigenvalue weighted by Crippen LogP contribution is -2.46. The average molecular weight is 499 g/mol. The summed E-state index contributed by atoms with van der Waals surface area (Å²) in [7, 11) is 0. The number of nitrogens with zero attached hydrogens (tertiary/aromatic N) is 2. The smallest absolute Gasteiger partial charge is 0.261 e. The summed E-state index contributed by atoms with van der Waals surface area (Å²) in [6.07, 6.45) is 2.06. The topological polar surface area (TPSA) is 35.6 Å². The van der Waals surface area contributed by atoms with E-state index in [1.165, 1.54) is 0 Å². The van der Waals surface area contributed by atoms with Crippen LogP contribution in [0, 0.1) is 0 Å². The maximum atomic E-state index is 12.4. The van der Waals surface area contributed by atoms with Gasteiger partial charge < -0.3 is 10.2 Å². The molecule has 31 heavy (non-hydrogen) atoms. The molecule has 0 spiro atoms. The number of nitrogens with one attached hydrogen (secondary N) is 1. The molecule has 0 saturated carbocycles. The molecule has 8 heteroatoms. The van der Waals surface area contributed by atoms with Crippen molar-refractivity contribution < 1.29 is 4.79 Å². The predicted octanol–water partition coefficient (Wildman–Crippen LogP) is 5.96. The Morgan fingerprint density at radius 1 is 1.00 bits per heavy atom. The standard InChI is InChI=1S/C23H25Cl2N3OS.ClH/c24-18-7-5-8-19(22(18)25)28-14-12-27(13-15-28)11-4-3-10-26-23(29)21-16-17-6-1-2-9-20(17)30-21;/h1-2,5-9,16H,3-4,10-15H2,(H,26,29);1H. The van der Waals surface area contributed by atoms with Gasteiger partial charge >= 0.3 is 0 Å². The van der Waals surface area contributed by atoms with E-state index in [4.69, 9.17) is 23.2 Å². The number of benzene rings is 2. The molecule has 0 bridgehead atoms. The lowest BCUT2D eigenvalue weighted by Gasteiger charge is -2.36. The highest BCUT2D eigenvalue weighted by atomic mass is 35.5. The Morgan fingerprint density at radius 2 is 1.77 bits per heavy atom. The molecule has 1 fully saturated rings. The van der Waals surface area contributed by atoms with Crippen molar-refractivity contribution in [1.82, 2.24) is 10.2 Å². The van der Waals surface area contributed by atoms with Gasteiger partial charge in [0.25, 0.3) is 5.91 Å². The SMILES string of the molecule is Cl.O=C(NCCCCN1CCN(c2cccc(Cl)c2Cl)CC1)c1cc2ccccc2s1. The molecular formula is C23H26Cl3N3OS. The third-order valence-corrected chi connectivity index (χ3v) is 7.40. The third kappa shape index (κ3) is 6.05. The van der Waals surface area contributed by atoms with Crippen LogP contribution in [0.1, 0.15) is 22.5 Å². The Morgan fingerprint density at radius 3 is 2.55 bits per heavy atom. The third-order valence-electron chi connectivity index (χ3n) is 5.48. The molecule has 1 aliphatic rings. The molecule has 3 aromatic rings. The van der Waals surface area contributed by atoms with Crippen LogP contribution in [0.4, 0.5) is 5.69 Å². The summed E-state index contributed by atoms with van der Waals surface area (Å²) in [4.78, 5) is 17.9. The molecule has 1 aliphatic heterocycles. The monoisotopic (exact) mass is 497 g/mol. The van der Waals surface area contributed by atoms with Crippen molar-refractivity contribution in [2.24, 2.45) is 0 Å². The molecule has 4 rings (SSSR count). The summed E-state index contributed by atoms with van der Waals surface area (Å²) in [5.74, 6) is 0.0308. The zero-order valence-corrected chi connectivity index (χ0v) is 20.3. The molecular weight excluding hydrogens is 473 g/mol. The zero-order chi connectivity index (χ0) is 20.9. The van der Waals surface area contributed by atoms with Crippen LogP contribution in [0.3, 0.4) is 0 Å². The van der Waals surface area contributed by atoms with Gasteiger partial charge in [-0.15, -0.1) is 23.7 Å². The van der Waals surface area contributed by atoms with Crippen LogP contribution in [0.25, 0.3) is 10.1 Å². The zero-order valence-electron chi connectivity index (χ0n) is 17.2. The molecule has 1 N–H and O–H groups in total. The number of hydrogen-bond acceptors (Lipinski definition) is 4. The summed E-state index contributed by atoms with van der Waals surface area (Å²) in [6.45, 7) is 5.68. The van der Waals surface area contributed by atoms with Gasteiger partial charge in [-0.3, -0.25) is 9.69 Å². The Labute approximate surface area is 203 Å². The average Bonchev–Trinajstić information content (AvgIpc) is 3.20. The number of fused-ring (bicyclic) bond motifs is 1. The van der Waals surface area contributed by atoms with E-state index in [0.29, 0.717) is 16.6 Å². The number of amides is 1. The first kappa shape index (κ1) is 24.1. The summed E-state index contributed by atoms with van der Waals surface area (Å²) in [5.41, 5.74) is 1.02. The summed E-state index contributed by atoms with van der Waals surface area (Å²) in [6, 6.07) is 15.9. The van der Waals surface area contributed by atoms with Crippen LogP contribution < -0.4 is 10.2 Å². The van der Waals surface area contributed by atoms with Crippen molar-refractivity contribution in [3.8, 4) is 0 Å². The lowest BCUT2D eigenvalue weighted by molar-refractivity contribution is 0.0956. The van der Waals surface area contributed by atoms with Crippen LogP contribution in [-0.2, 0) is 0 Å². The van der Waals surface area contributed by atoms with E-state index in [-0.39, 0.29) is 18.3 Å². The molecule has 4 nitrogen and oxygen atoms in total. The van der Waals surface area contributed by atoms with Crippen molar-refractivity contribution in [1.29, 1.82) is 0 Å². The first-order chi connectivity index (χ1) is 14.6. The Hall–Kier alpha value is -1.50. The van der Waals surface area contributed by atoms with Crippen molar-refractivity contribution in [2.75, 3.05) is 44.2 Å². The molecule has 166 valence electrons. The van der Waals surface area contributed by atoms with Crippen LogP contribution in [-0.4, -0.2) is 50.1 Å². The van der Waals surface area contributed by atoms with E-state index in [9.17, 15) is 4.79 Å². The Bertz CT molecular complexity index is 985. The van der Waals surface area contributed by atoms with Gasteiger partial charge in [-0.1, -0.05) is 47.5 Å². The minimum absolute atomic E-state index is 0. The van der Waals surface area contributed by atoms with E-state index in [0.717, 1.165) is 66.2 Å². The first-order valence-corrected chi connectivity index (χ1v) is 11.9. The molecule has 2 aromatic carbocycles. The molecule has 0 atom stereocenters. The number of carbonyl (C=O) groups excluding carboxylic acids is 1. The van der Waals surface area contributed by atoms with Gasteiger partial charge in [0.1, 0.15) is 0 Å². The number of hydrogen-bond donors (Lipinski definition) is 1. The van der Waals surface area contributed by atoms with E-state index >= 15 is 0 Å². The van der Waals surface area contributed by atoms with Gasteiger partial charge in [-0.2, -0.15) is 0 Å². The maximum absolute atomic E-state index is 12.4. The van der Waals surface area contributed by atoms with Crippen LogP contribution in [0.5, 0.6) is 0 Å². The maximum Gasteiger partial charge on any atom is 0.261 e. The highest BCUT2D eigenvalue weighted by Crippen LogP contribution is 2.32. The van der Waals surface area contributed by atoms with Crippen molar-refractivity contribution in [3.05, 3.63) is 63.5 Å². The lowest BCUT2D eigenvalue weighted by atomic mass is 10.2. The number of halogens is 3. The van der Waals surface area contributed by atoms with Gasteiger partial charge in [0.2, 0.25) is 0 Å². The highest BCUT2D eigenvalue weighted by molar-refractivity contribution is 7.20. The summed E-state index contributed by atoms with van der Waals surface area (Å²) in [5, 5.41) is 5.43. The van der Waals surface area contributed by atoms with Crippen molar-refractivity contribution in [3.63, 3.8) is 0 Å². The highest BCUT2D eigenvalue weighted by Gasteiger charge is 2.19. The normalized spacial score (nSPS) is 14.5. The minimum Gasteiger partial charge on any atom is -0.368 e. The molecule has 0 unspecified atom stereocenters. The summed E-state index contributed by atoms with van der Waals surface area (Å²) >= 11 is 14.0. The van der Waals surface area contributed by atoms with Gasteiger partial charge in [0, 0.05) is 37.4 Å². The van der Waals surface area contributed by atoms with E-state index in [2.05, 4.69) is 21.2 Å².